The third-order valence-corrected chi connectivity index (χ3v) is 4.98. The number of fused-ring (bicyclic) bond motifs is 1. The Morgan fingerprint density at radius 3 is 2.54 bits per heavy atom. The highest BCUT2D eigenvalue weighted by Gasteiger charge is 2.48. The summed E-state index contributed by atoms with van der Waals surface area (Å²) < 4.78 is 22.8. The third kappa shape index (κ3) is 4.27. The molecule has 0 spiro atoms. The molecular formula is C21H24N2O5. The van der Waals surface area contributed by atoms with E-state index < -0.39 is 0 Å². The average Bonchev–Trinajstić information content (AvgIpc) is 3.31. The number of nitrogens with one attached hydrogen (secondary N) is 2. The van der Waals surface area contributed by atoms with E-state index in [0.29, 0.717) is 25.5 Å². The van der Waals surface area contributed by atoms with Gasteiger partial charge in [-0.1, -0.05) is 30.3 Å². The first-order chi connectivity index (χ1) is 13.7. The second kappa shape index (κ2) is 8.60. The van der Waals surface area contributed by atoms with Crippen molar-refractivity contribution in [3.05, 3.63) is 60.2 Å². The molecule has 0 unspecified atom stereocenters. The number of ether oxygens (including phenoxy) is 4. The zero-order valence-corrected chi connectivity index (χ0v) is 15.7. The van der Waals surface area contributed by atoms with Crippen LogP contribution in [0, 0.1) is 0 Å². The largest absolute Gasteiger partial charge is 0.497 e. The van der Waals surface area contributed by atoms with Gasteiger partial charge in [0.2, 0.25) is 0 Å². The highest BCUT2D eigenvalue weighted by molar-refractivity contribution is 5.89. The number of hydrogen-bond donors (Lipinski definition) is 2. The Hall–Kier alpha value is -2.61. The fourth-order valence-electron chi connectivity index (χ4n) is 3.52. The van der Waals surface area contributed by atoms with Crippen molar-refractivity contribution in [2.75, 3.05) is 25.6 Å². The molecule has 2 fully saturated rings. The summed E-state index contributed by atoms with van der Waals surface area (Å²) in [5, 5.41) is 5.74. The van der Waals surface area contributed by atoms with Crippen LogP contribution in [0.25, 0.3) is 0 Å². The van der Waals surface area contributed by atoms with Crippen LogP contribution in [0.5, 0.6) is 5.75 Å². The van der Waals surface area contributed by atoms with Crippen molar-refractivity contribution in [3.8, 4) is 5.75 Å². The van der Waals surface area contributed by atoms with Gasteiger partial charge < -0.3 is 29.6 Å². The lowest BCUT2D eigenvalue weighted by Crippen LogP contribution is -2.46. The van der Waals surface area contributed by atoms with Crippen LogP contribution in [0.2, 0.25) is 0 Å². The lowest BCUT2D eigenvalue weighted by molar-refractivity contribution is -0.0392. The molecule has 2 N–H and O–H groups in total. The molecule has 28 heavy (non-hydrogen) atoms. The van der Waals surface area contributed by atoms with Gasteiger partial charge in [-0.2, -0.15) is 0 Å². The van der Waals surface area contributed by atoms with Gasteiger partial charge in [-0.3, -0.25) is 0 Å². The van der Waals surface area contributed by atoms with Gasteiger partial charge in [-0.15, -0.1) is 0 Å². The molecule has 2 saturated heterocycles. The highest BCUT2D eigenvalue weighted by Crippen LogP contribution is 2.29. The van der Waals surface area contributed by atoms with E-state index in [4.69, 9.17) is 18.9 Å². The second-order valence-corrected chi connectivity index (χ2v) is 6.86. The van der Waals surface area contributed by atoms with Gasteiger partial charge in [-0.05, 0) is 29.8 Å². The maximum Gasteiger partial charge on any atom is 0.319 e. The summed E-state index contributed by atoms with van der Waals surface area (Å²) in [4.78, 5) is 12.3. The summed E-state index contributed by atoms with van der Waals surface area (Å²) in [6.07, 6.45) is -0.515. The zero-order chi connectivity index (χ0) is 19.3. The number of carbonyl (C=O) groups excluding carboxylic acids is 1. The molecule has 0 saturated carbocycles. The number of benzene rings is 2. The number of carbonyl (C=O) groups is 1. The molecule has 0 aromatic heterocycles. The Balaban J connectivity index is 1.27. The van der Waals surface area contributed by atoms with E-state index in [9.17, 15) is 4.79 Å². The Kier molecular flexibility index (Phi) is 5.76. The van der Waals surface area contributed by atoms with E-state index in [-0.39, 0.29) is 30.4 Å². The Morgan fingerprint density at radius 2 is 1.79 bits per heavy atom. The van der Waals surface area contributed by atoms with Crippen LogP contribution in [0.15, 0.2) is 54.6 Å². The monoisotopic (exact) mass is 384 g/mol. The fourth-order valence-corrected chi connectivity index (χ4v) is 3.52. The van der Waals surface area contributed by atoms with E-state index in [1.807, 2.05) is 30.3 Å². The first-order valence-electron chi connectivity index (χ1n) is 9.33. The molecule has 2 amide bonds. The van der Waals surface area contributed by atoms with Crippen LogP contribution in [-0.2, 0) is 20.8 Å². The minimum Gasteiger partial charge on any atom is -0.497 e. The first kappa shape index (κ1) is 18.7. The van der Waals surface area contributed by atoms with E-state index in [0.717, 1.165) is 11.3 Å². The molecule has 0 bridgehead atoms. The van der Waals surface area contributed by atoms with Crippen molar-refractivity contribution in [2.45, 2.75) is 31.0 Å². The van der Waals surface area contributed by atoms with Gasteiger partial charge in [0.1, 0.15) is 24.1 Å². The van der Waals surface area contributed by atoms with Gasteiger partial charge in [0.05, 0.1) is 33.0 Å². The summed E-state index contributed by atoms with van der Waals surface area (Å²) in [6.45, 7) is 1.37. The van der Waals surface area contributed by atoms with Crippen LogP contribution >= 0.6 is 0 Å². The Morgan fingerprint density at radius 1 is 1.04 bits per heavy atom. The van der Waals surface area contributed by atoms with E-state index in [1.165, 1.54) is 0 Å². The molecule has 7 nitrogen and oxygen atoms in total. The van der Waals surface area contributed by atoms with Crippen LogP contribution in [0.3, 0.4) is 0 Å². The standard InChI is InChI=1S/C21H24N2O5/c1-25-16-9-7-15(8-10-16)22-21(24)23-17-12-27-20-18(13-28-19(17)20)26-11-14-5-3-2-4-6-14/h2-10,17-20H,11-13H2,1H3,(H2,22,23,24)/t17-,18+,19+,20+/m0/s1. The summed E-state index contributed by atoms with van der Waals surface area (Å²) in [6, 6.07) is 16.6. The van der Waals surface area contributed by atoms with Crippen LogP contribution in [0.4, 0.5) is 10.5 Å². The summed E-state index contributed by atoms with van der Waals surface area (Å²) in [7, 11) is 1.60. The number of hydrogen-bond acceptors (Lipinski definition) is 5. The molecule has 4 atom stereocenters. The number of anilines is 1. The van der Waals surface area contributed by atoms with E-state index >= 15 is 0 Å². The lowest BCUT2D eigenvalue weighted by Gasteiger charge is -2.18. The topological polar surface area (TPSA) is 78.1 Å². The van der Waals surface area contributed by atoms with Gasteiger partial charge in [0.15, 0.2) is 0 Å². The predicted molar refractivity (Wildman–Crippen MR) is 103 cm³/mol. The normalized spacial score (nSPS) is 25.9. The van der Waals surface area contributed by atoms with Crippen LogP contribution < -0.4 is 15.4 Å². The van der Waals surface area contributed by atoms with Crippen LogP contribution in [-0.4, -0.2) is 50.7 Å². The SMILES string of the molecule is COc1ccc(NC(=O)N[C@H]2CO[C@H]3[C@@H]2OC[C@H]3OCc2ccccc2)cc1. The molecule has 2 aliphatic heterocycles. The number of urea groups is 1. The van der Waals surface area contributed by atoms with Crippen molar-refractivity contribution >= 4 is 11.7 Å². The van der Waals surface area contributed by atoms with Crippen molar-refractivity contribution in [3.63, 3.8) is 0 Å². The molecule has 148 valence electrons. The highest BCUT2D eigenvalue weighted by atomic mass is 16.6. The maximum atomic E-state index is 12.3. The maximum absolute atomic E-state index is 12.3. The Bertz CT molecular complexity index is 783. The fraction of sp³-hybridized carbons (Fsp3) is 0.381. The molecule has 7 heteroatoms. The average molecular weight is 384 g/mol. The predicted octanol–water partition coefficient (Wildman–Crippen LogP) is 2.57. The number of amides is 2. The number of rotatable bonds is 6. The quantitative estimate of drug-likeness (QED) is 0.800. The summed E-state index contributed by atoms with van der Waals surface area (Å²) in [5.74, 6) is 0.735. The smallest absolute Gasteiger partial charge is 0.319 e. The minimum atomic E-state index is -0.295. The first-order valence-corrected chi connectivity index (χ1v) is 9.33. The van der Waals surface area contributed by atoms with Crippen LogP contribution in [0.1, 0.15) is 5.56 Å². The summed E-state index contributed by atoms with van der Waals surface area (Å²) >= 11 is 0. The van der Waals surface area contributed by atoms with Gasteiger partial charge in [-0.25, -0.2) is 4.79 Å². The number of methoxy groups -OCH3 is 1. The van der Waals surface area contributed by atoms with E-state index in [2.05, 4.69) is 10.6 Å². The molecule has 2 aromatic rings. The Labute approximate surface area is 163 Å². The van der Waals surface area contributed by atoms with Crippen molar-refractivity contribution in [1.29, 1.82) is 0 Å². The van der Waals surface area contributed by atoms with Gasteiger partial charge in [0.25, 0.3) is 0 Å². The van der Waals surface area contributed by atoms with Gasteiger partial charge in [0, 0.05) is 5.69 Å². The molecule has 0 radical (unpaired) electrons. The zero-order valence-electron chi connectivity index (χ0n) is 15.7. The molecule has 4 rings (SSSR count). The molecule has 2 heterocycles. The van der Waals surface area contributed by atoms with Crippen molar-refractivity contribution < 1.29 is 23.7 Å². The molecular weight excluding hydrogens is 360 g/mol. The summed E-state index contributed by atoms with van der Waals surface area (Å²) in [5.41, 5.74) is 1.79. The molecule has 0 aliphatic carbocycles. The molecule has 2 aliphatic rings. The van der Waals surface area contributed by atoms with Crippen molar-refractivity contribution in [1.82, 2.24) is 5.32 Å². The third-order valence-electron chi connectivity index (χ3n) is 4.98. The lowest BCUT2D eigenvalue weighted by atomic mass is 10.1. The minimum absolute atomic E-state index is 0.137. The molecule has 2 aromatic carbocycles. The second-order valence-electron chi connectivity index (χ2n) is 6.86. The van der Waals surface area contributed by atoms with Crippen molar-refractivity contribution in [2.24, 2.45) is 0 Å². The van der Waals surface area contributed by atoms with E-state index in [1.54, 1.807) is 31.4 Å². The van der Waals surface area contributed by atoms with Gasteiger partial charge >= 0.3 is 6.03 Å².